The number of nitrogens with zero attached hydrogens (tertiary/aromatic N) is 3. The molecule has 0 radical (unpaired) electrons. The maximum atomic E-state index is 13.6. The van der Waals surface area contributed by atoms with E-state index in [1.165, 1.54) is 6.07 Å². The second kappa shape index (κ2) is 10.1. The molecular formula is C20H28FN5O7. The highest BCUT2D eigenvalue weighted by molar-refractivity contribution is 5.86. The number of aromatic nitrogens is 3. The van der Waals surface area contributed by atoms with E-state index in [0.717, 1.165) is 19.0 Å². The summed E-state index contributed by atoms with van der Waals surface area (Å²) < 4.78 is 24.4. The van der Waals surface area contributed by atoms with Crippen molar-refractivity contribution in [3.63, 3.8) is 0 Å². The second-order valence-corrected chi connectivity index (χ2v) is 8.29. The van der Waals surface area contributed by atoms with Gasteiger partial charge < -0.3 is 41.0 Å². The van der Waals surface area contributed by atoms with Gasteiger partial charge in [0.2, 0.25) is 5.95 Å². The van der Waals surface area contributed by atoms with E-state index in [2.05, 4.69) is 20.3 Å². The quantitative estimate of drug-likeness (QED) is 0.289. The minimum atomic E-state index is -1.82. The zero-order valence-electron chi connectivity index (χ0n) is 18.2. The molecule has 182 valence electrons. The molecule has 0 aromatic carbocycles. The van der Waals surface area contributed by atoms with E-state index in [1.54, 1.807) is 6.92 Å². The fourth-order valence-electron chi connectivity index (χ4n) is 3.58. The third-order valence-corrected chi connectivity index (χ3v) is 5.40. The minimum absolute atomic E-state index is 0.0939. The normalized spacial score (nSPS) is 27.3. The van der Waals surface area contributed by atoms with Crippen LogP contribution in [0, 0.1) is 5.82 Å². The summed E-state index contributed by atoms with van der Waals surface area (Å²) >= 11 is 0. The molecule has 0 bridgehead atoms. The molecule has 0 spiro atoms. The lowest BCUT2D eigenvalue weighted by Gasteiger charge is -2.40. The van der Waals surface area contributed by atoms with Gasteiger partial charge in [-0.2, -0.15) is 4.98 Å². The van der Waals surface area contributed by atoms with Gasteiger partial charge in [0.15, 0.2) is 18.2 Å². The Balaban J connectivity index is 1.83. The van der Waals surface area contributed by atoms with E-state index < -0.39 is 48.0 Å². The summed E-state index contributed by atoms with van der Waals surface area (Å²) in [5.41, 5.74) is 5.42. The number of nitrogens with two attached hydrogens (primary N) is 1. The smallest absolute Gasteiger partial charge is 0.335 e. The summed E-state index contributed by atoms with van der Waals surface area (Å²) in [6.07, 6.45) is -5.36. The first-order valence-corrected chi connectivity index (χ1v) is 10.5. The molecule has 2 aromatic rings. The zero-order valence-corrected chi connectivity index (χ0v) is 18.2. The maximum Gasteiger partial charge on any atom is 0.335 e. The summed E-state index contributed by atoms with van der Waals surface area (Å²) in [6.45, 7) is 3.68. The number of aliphatic carboxylic acids is 1. The first-order valence-electron chi connectivity index (χ1n) is 10.5. The number of carbonyl (C=O) groups is 1. The van der Waals surface area contributed by atoms with Crippen molar-refractivity contribution in [3.05, 3.63) is 18.1 Å². The van der Waals surface area contributed by atoms with Gasteiger partial charge in [-0.25, -0.2) is 19.2 Å². The molecule has 3 rings (SSSR count). The van der Waals surface area contributed by atoms with Crippen LogP contribution in [0.1, 0.15) is 33.1 Å². The van der Waals surface area contributed by atoms with Crippen molar-refractivity contribution >= 4 is 28.8 Å². The van der Waals surface area contributed by atoms with Crippen molar-refractivity contribution in [3.8, 4) is 0 Å². The van der Waals surface area contributed by atoms with Gasteiger partial charge in [0.05, 0.1) is 23.9 Å². The highest BCUT2D eigenvalue weighted by Crippen LogP contribution is 2.28. The number of hydrogen-bond donors (Lipinski definition) is 6. The summed E-state index contributed by atoms with van der Waals surface area (Å²) in [5.74, 6) is -1.94. The Bertz CT molecular complexity index is 993. The lowest BCUT2D eigenvalue weighted by atomic mass is 9.95. The Morgan fingerprint density at radius 2 is 2.03 bits per heavy atom. The van der Waals surface area contributed by atoms with Crippen molar-refractivity contribution < 1.29 is 39.1 Å². The van der Waals surface area contributed by atoms with Crippen LogP contribution in [0.25, 0.3) is 11.0 Å². The number of carboxylic acid groups (broad SMARTS) is 1. The van der Waals surface area contributed by atoms with Gasteiger partial charge in [0.1, 0.15) is 29.6 Å². The number of hydrogen-bond acceptors (Lipinski definition) is 11. The predicted octanol–water partition coefficient (Wildman–Crippen LogP) is 0.0157. The van der Waals surface area contributed by atoms with Crippen molar-refractivity contribution in [1.82, 2.24) is 15.0 Å². The molecule has 1 fully saturated rings. The van der Waals surface area contributed by atoms with Crippen LogP contribution in [-0.4, -0.2) is 84.2 Å². The molecule has 13 heteroatoms. The van der Waals surface area contributed by atoms with Gasteiger partial charge in [-0.15, -0.1) is 0 Å². The number of aliphatic hydroxyl groups excluding tert-OH is 3. The molecule has 33 heavy (non-hydrogen) atoms. The zero-order chi connectivity index (χ0) is 24.3. The van der Waals surface area contributed by atoms with Crippen LogP contribution in [0.2, 0.25) is 0 Å². The SMILES string of the molecule is CCCC[C@](C)(CO[C@@H]1O[C@H](C(=O)O)[C@@H](O)[C@H](O)[C@H]1O)Nc1nc(N)nc2cc(F)cnc12. The van der Waals surface area contributed by atoms with Crippen LogP contribution >= 0.6 is 0 Å². The van der Waals surface area contributed by atoms with Crippen LogP contribution < -0.4 is 11.1 Å². The molecule has 1 aliphatic rings. The average Bonchev–Trinajstić information content (AvgIpc) is 2.75. The maximum absolute atomic E-state index is 13.6. The first-order chi connectivity index (χ1) is 15.5. The Kier molecular flexibility index (Phi) is 7.59. The topological polar surface area (TPSA) is 193 Å². The third kappa shape index (κ3) is 5.62. The molecular weight excluding hydrogens is 441 g/mol. The highest BCUT2D eigenvalue weighted by atomic mass is 19.1. The van der Waals surface area contributed by atoms with E-state index >= 15 is 0 Å². The number of aliphatic hydroxyl groups is 3. The Labute approximate surface area is 188 Å². The van der Waals surface area contributed by atoms with Crippen LogP contribution in [0.4, 0.5) is 16.2 Å². The van der Waals surface area contributed by atoms with Crippen molar-refractivity contribution in [2.75, 3.05) is 17.7 Å². The molecule has 2 aromatic heterocycles. The largest absolute Gasteiger partial charge is 0.479 e. The molecule has 0 unspecified atom stereocenters. The summed E-state index contributed by atoms with van der Waals surface area (Å²) in [5, 5.41) is 42.5. The number of pyridine rings is 1. The summed E-state index contributed by atoms with van der Waals surface area (Å²) in [4.78, 5) is 23.5. The number of halogens is 1. The lowest BCUT2D eigenvalue weighted by molar-refractivity contribution is -0.296. The van der Waals surface area contributed by atoms with Crippen LogP contribution in [0.3, 0.4) is 0 Å². The number of rotatable bonds is 9. The Hall–Kier alpha value is -2.71. The standard InChI is InChI=1S/C20H28FN5O7/c1-3-4-5-20(2,8-32-18-14(29)12(27)13(28)15(33-18)17(30)31)26-16-11-10(24-19(22)25-16)6-9(21)7-23-11/h6-7,12-15,18,27-29H,3-5,8H2,1-2H3,(H,30,31)(H3,22,24,25,26)/t12-,13-,14+,15-,18+,20+/m0/s1. The van der Waals surface area contributed by atoms with Crippen LogP contribution in [0.15, 0.2) is 12.3 Å². The molecule has 0 aliphatic carbocycles. The van der Waals surface area contributed by atoms with Crippen LogP contribution in [-0.2, 0) is 14.3 Å². The number of ether oxygens (including phenoxy) is 2. The van der Waals surface area contributed by atoms with Crippen LogP contribution in [0.5, 0.6) is 0 Å². The van der Waals surface area contributed by atoms with Gasteiger partial charge in [-0.3, -0.25) is 0 Å². The Morgan fingerprint density at radius 1 is 1.30 bits per heavy atom. The van der Waals surface area contributed by atoms with E-state index in [1.807, 2.05) is 6.92 Å². The van der Waals surface area contributed by atoms with Gasteiger partial charge in [0, 0.05) is 6.07 Å². The van der Waals surface area contributed by atoms with Crippen molar-refractivity contribution in [2.45, 2.75) is 69.4 Å². The third-order valence-electron chi connectivity index (χ3n) is 5.40. The van der Waals surface area contributed by atoms with E-state index in [0.29, 0.717) is 6.42 Å². The first kappa shape index (κ1) is 24.9. The van der Waals surface area contributed by atoms with E-state index in [-0.39, 0.29) is 29.4 Å². The minimum Gasteiger partial charge on any atom is -0.479 e. The second-order valence-electron chi connectivity index (χ2n) is 8.29. The molecule has 3 heterocycles. The highest BCUT2D eigenvalue weighted by Gasteiger charge is 2.48. The van der Waals surface area contributed by atoms with Crippen molar-refractivity contribution in [2.24, 2.45) is 0 Å². The van der Waals surface area contributed by atoms with Gasteiger partial charge in [-0.05, 0) is 13.3 Å². The van der Waals surface area contributed by atoms with Gasteiger partial charge in [-0.1, -0.05) is 19.8 Å². The van der Waals surface area contributed by atoms with Gasteiger partial charge in [0.25, 0.3) is 0 Å². The Morgan fingerprint density at radius 3 is 2.70 bits per heavy atom. The number of fused-ring (bicyclic) bond motifs is 1. The molecule has 1 aliphatic heterocycles. The summed E-state index contributed by atoms with van der Waals surface area (Å²) in [7, 11) is 0. The lowest BCUT2D eigenvalue weighted by Crippen LogP contribution is -2.61. The molecule has 7 N–H and O–H groups in total. The van der Waals surface area contributed by atoms with E-state index in [4.69, 9.17) is 15.2 Å². The molecule has 0 saturated carbocycles. The monoisotopic (exact) mass is 469 g/mol. The molecule has 6 atom stereocenters. The van der Waals surface area contributed by atoms with E-state index in [9.17, 15) is 29.6 Å². The number of carboxylic acids is 1. The number of nitrogen functional groups attached to an aromatic ring is 1. The summed E-state index contributed by atoms with van der Waals surface area (Å²) in [6, 6.07) is 1.18. The predicted molar refractivity (Wildman–Crippen MR) is 114 cm³/mol. The van der Waals surface area contributed by atoms with Gasteiger partial charge >= 0.3 is 5.97 Å². The molecule has 1 saturated heterocycles. The van der Waals surface area contributed by atoms with Crippen molar-refractivity contribution in [1.29, 1.82) is 0 Å². The fraction of sp³-hybridized carbons (Fsp3) is 0.600. The molecule has 12 nitrogen and oxygen atoms in total. The fourth-order valence-corrected chi connectivity index (χ4v) is 3.58. The number of unbranched alkanes of at least 4 members (excludes halogenated alkanes) is 1. The molecule has 0 amide bonds. The number of anilines is 2. The average molecular weight is 469 g/mol. The number of nitrogens with one attached hydrogen (secondary N) is 1.